The van der Waals surface area contributed by atoms with Gasteiger partial charge in [-0.15, -0.1) is 17.8 Å². The molecule has 2 nitrogen and oxygen atoms in total. The maximum atomic E-state index is 10.7. The van der Waals surface area contributed by atoms with Gasteiger partial charge in [0.25, 0.3) is 0 Å². The van der Waals surface area contributed by atoms with Crippen molar-refractivity contribution in [3.63, 3.8) is 0 Å². The van der Waals surface area contributed by atoms with Crippen molar-refractivity contribution in [2.24, 2.45) is 0 Å². The number of hydrogen-bond donors (Lipinski definition) is 0. The van der Waals surface area contributed by atoms with Crippen LogP contribution in [0.4, 0.5) is 0 Å². The Hall–Kier alpha value is -1.66. The van der Waals surface area contributed by atoms with Crippen molar-refractivity contribution in [3.05, 3.63) is 28.9 Å². The molecule has 0 unspecified atom stereocenters. The number of aldehydes is 1. The molecule has 0 aliphatic rings. The van der Waals surface area contributed by atoms with Gasteiger partial charge in [-0.2, -0.15) is 0 Å². The minimum Gasteiger partial charge on any atom is -0.298 e. The van der Waals surface area contributed by atoms with Gasteiger partial charge < -0.3 is 0 Å². The maximum absolute atomic E-state index is 10.7. The number of pyridine rings is 1. The van der Waals surface area contributed by atoms with Crippen molar-refractivity contribution in [1.29, 1.82) is 0 Å². The molecule has 2 rings (SSSR count). The average Bonchev–Trinajstić information content (AvgIpc) is 2.60. The number of hydrogen-bond acceptors (Lipinski definition) is 3. The highest BCUT2D eigenvalue weighted by molar-refractivity contribution is 7.17. The van der Waals surface area contributed by atoms with Gasteiger partial charge in [0.05, 0.1) is 4.70 Å². The van der Waals surface area contributed by atoms with Crippen molar-refractivity contribution in [3.8, 4) is 12.3 Å². The fourth-order valence-electron chi connectivity index (χ4n) is 1.21. The van der Waals surface area contributed by atoms with E-state index in [0.717, 1.165) is 21.9 Å². The Morgan fingerprint density at radius 3 is 3.08 bits per heavy atom. The highest BCUT2D eigenvalue weighted by Gasteiger charge is 2.06. The van der Waals surface area contributed by atoms with Gasteiger partial charge in [0.1, 0.15) is 0 Å². The van der Waals surface area contributed by atoms with E-state index < -0.39 is 0 Å². The van der Waals surface area contributed by atoms with E-state index in [-0.39, 0.29) is 0 Å². The minimum atomic E-state index is 0.562. The fraction of sp³-hybridized carbons (Fsp3) is 0. The fourth-order valence-corrected chi connectivity index (χ4v) is 2.11. The zero-order chi connectivity index (χ0) is 9.26. The predicted molar refractivity (Wildman–Crippen MR) is 52.9 cm³/mol. The second-order valence-corrected chi connectivity index (χ2v) is 3.42. The van der Waals surface area contributed by atoms with Gasteiger partial charge >= 0.3 is 0 Å². The van der Waals surface area contributed by atoms with Crippen LogP contribution in [-0.4, -0.2) is 11.3 Å². The third-order valence-corrected chi connectivity index (χ3v) is 2.71. The van der Waals surface area contributed by atoms with Crippen molar-refractivity contribution >= 4 is 27.7 Å². The Balaban J connectivity index is 2.93. The summed E-state index contributed by atoms with van der Waals surface area (Å²) in [6.07, 6.45) is 9.33. The maximum Gasteiger partial charge on any atom is 0.152 e. The summed E-state index contributed by atoms with van der Waals surface area (Å²) in [5.41, 5.74) is 1.33. The summed E-state index contributed by atoms with van der Waals surface area (Å²) < 4.78 is 0.956. The lowest BCUT2D eigenvalue weighted by molar-refractivity contribution is 0.112. The lowest BCUT2D eigenvalue weighted by atomic mass is 10.1. The average molecular weight is 187 g/mol. The molecule has 0 aromatic carbocycles. The van der Waals surface area contributed by atoms with Gasteiger partial charge in [0, 0.05) is 34.3 Å². The van der Waals surface area contributed by atoms with Crippen LogP contribution in [-0.2, 0) is 0 Å². The zero-order valence-corrected chi connectivity index (χ0v) is 7.47. The number of carbonyl (C=O) groups excluding carboxylic acids is 1. The molecule has 0 atom stereocenters. The van der Waals surface area contributed by atoms with Gasteiger partial charge in [0.2, 0.25) is 0 Å². The van der Waals surface area contributed by atoms with Crippen LogP contribution in [0.25, 0.3) is 10.1 Å². The molecule has 0 bridgehead atoms. The van der Waals surface area contributed by atoms with E-state index in [1.165, 1.54) is 17.5 Å². The standard InChI is InChI=1S/C10H5NOS/c1-2-7-6-13-9-4-11-3-8(5-12)10(7)9/h1,3-6H. The Morgan fingerprint density at radius 1 is 1.54 bits per heavy atom. The van der Waals surface area contributed by atoms with Crippen LogP contribution in [0.1, 0.15) is 15.9 Å². The van der Waals surface area contributed by atoms with Crippen LogP contribution < -0.4 is 0 Å². The first-order valence-electron chi connectivity index (χ1n) is 3.64. The molecule has 0 aliphatic heterocycles. The van der Waals surface area contributed by atoms with Crippen LogP contribution in [0.15, 0.2) is 17.8 Å². The SMILES string of the molecule is C#Cc1csc2cncc(C=O)c12. The molecule has 0 N–H and O–H groups in total. The Bertz CT molecular complexity index is 507. The Labute approximate surface area is 79.2 Å². The van der Waals surface area contributed by atoms with E-state index in [1.807, 2.05) is 5.38 Å². The monoisotopic (exact) mass is 187 g/mol. The van der Waals surface area contributed by atoms with E-state index in [9.17, 15) is 4.79 Å². The lowest BCUT2D eigenvalue weighted by Crippen LogP contribution is -1.84. The van der Waals surface area contributed by atoms with Crippen LogP contribution in [0, 0.1) is 12.3 Å². The Kier molecular flexibility index (Phi) is 1.84. The van der Waals surface area contributed by atoms with Gasteiger partial charge in [0.15, 0.2) is 6.29 Å². The largest absolute Gasteiger partial charge is 0.298 e. The highest BCUT2D eigenvalue weighted by Crippen LogP contribution is 2.26. The minimum absolute atomic E-state index is 0.562. The first-order valence-corrected chi connectivity index (χ1v) is 4.51. The topological polar surface area (TPSA) is 30.0 Å². The molecule has 2 aromatic rings. The second kappa shape index (κ2) is 3.00. The smallest absolute Gasteiger partial charge is 0.152 e. The molecule has 0 aliphatic carbocycles. The van der Waals surface area contributed by atoms with Gasteiger partial charge in [-0.25, -0.2) is 0 Å². The zero-order valence-electron chi connectivity index (χ0n) is 6.65. The molecule has 3 heteroatoms. The third kappa shape index (κ3) is 1.12. The summed E-state index contributed by atoms with van der Waals surface area (Å²) >= 11 is 1.50. The van der Waals surface area contributed by atoms with Crippen molar-refractivity contribution in [1.82, 2.24) is 4.98 Å². The summed E-state index contributed by atoms with van der Waals surface area (Å²) in [7, 11) is 0. The quantitative estimate of drug-likeness (QED) is 0.505. The molecule has 0 amide bonds. The molecule has 62 valence electrons. The number of thiophene rings is 1. The molecule has 0 saturated heterocycles. The molecular formula is C10H5NOS. The number of carbonyl (C=O) groups is 1. The second-order valence-electron chi connectivity index (χ2n) is 2.51. The van der Waals surface area contributed by atoms with Crippen LogP contribution in [0.3, 0.4) is 0 Å². The van der Waals surface area contributed by atoms with E-state index >= 15 is 0 Å². The number of fused-ring (bicyclic) bond motifs is 1. The van der Waals surface area contributed by atoms with E-state index in [4.69, 9.17) is 6.42 Å². The van der Waals surface area contributed by atoms with Gasteiger partial charge in [-0.1, -0.05) is 5.92 Å². The van der Waals surface area contributed by atoms with E-state index in [2.05, 4.69) is 10.9 Å². The van der Waals surface area contributed by atoms with Crippen LogP contribution in [0.2, 0.25) is 0 Å². The summed E-state index contributed by atoms with van der Waals surface area (Å²) in [6, 6.07) is 0. The predicted octanol–water partition coefficient (Wildman–Crippen LogP) is 2.09. The lowest BCUT2D eigenvalue weighted by Gasteiger charge is -1.93. The van der Waals surface area contributed by atoms with Crippen molar-refractivity contribution in [2.75, 3.05) is 0 Å². The molecule has 0 fully saturated rings. The van der Waals surface area contributed by atoms with E-state index in [1.54, 1.807) is 6.20 Å². The normalized spacial score (nSPS) is 9.77. The van der Waals surface area contributed by atoms with Crippen LogP contribution in [0.5, 0.6) is 0 Å². The summed E-state index contributed by atoms with van der Waals surface area (Å²) in [4.78, 5) is 14.6. The molecule has 2 heterocycles. The number of aromatic nitrogens is 1. The molecule has 0 radical (unpaired) electrons. The van der Waals surface area contributed by atoms with Gasteiger partial charge in [-0.05, 0) is 0 Å². The van der Waals surface area contributed by atoms with E-state index in [0.29, 0.717) is 5.56 Å². The molecule has 0 spiro atoms. The number of rotatable bonds is 1. The van der Waals surface area contributed by atoms with Crippen molar-refractivity contribution < 1.29 is 4.79 Å². The molecule has 2 aromatic heterocycles. The summed E-state index contributed by atoms with van der Waals surface area (Å²) in [6.45, 7) is 0. The molecular weight excluding hydrogens is 182 g/mol. The Morgan fingerprint density at radius 2 is 2.38 bits per heavy atom. The van der Waals surface area contributed by atoms with Gasteiger partial charge in [-0.3, -0.25) is 9.78 Å². The molecule has 0 saturated carbocycles. The summed E-state index contributed by atoms with van der Waals surface area (Å²) in [5.74, 6) is 2.55. The van der Waals surface area contributed by atoms with Crippen LogP contribution >= 0.6 is 11.3 Å². The number of terminal acetylenes is 1. The first-order chi connectivity index (χ1) is 6.36. The molecule has 13 heavy (non-hydrogen) atoms. The highest BCUT2D eigenvalue weighted by atomic mass is 32.1. The van der Waals surface area contributed by atoms with Crippen molar-refractivity contribution in [2.45, 2.75) is 0 Å². The first kappa shape index (κ1) is 7.96. The number of nitrogens with zero attached hydrogens (tertiary/aromatic N) is 1. The third-order valence-electron chi connectivity index (χ3n) is 1.80. The summed E-state index contributed by atoms with van der Waals surface area (Å²) in [5, 5.41) is 2.71.